The van der Waals surface area contributed by atoms with E-state index >= 15 is 0 Å². The standard InChI is InChI=1S/C11H13N5O2S/c1-6-5-8(7(2)19-6)9(17)3-4-10(18)12-11-13-15-16-14-11/h5H,3-4H2,1-2H3,(H2,12,13,14,15,16,18). The highest BCUT2D eigenvalue weighted by molar-refractivity contribution is 7.12. The molecule has 0 unspecified atom stereocenters. The Labute approximate surface area is 113 Å². The van der Waals surface area contributed by atoms with Gasteiger partial charge in [0.1, 0.15) is 0 Å². The molecular weight excluding hydrogens is 266 g/mol. The third-order valence-corrected chi connectivity index (χ3v) is 3.48. The lowest BCUT2D eigenvalue weighted by atomic mass is 10.1. The Morgan fingerprint density at radius 1 is 1.37 bits per heavy atom. The third-order valence-electron chi connectivity index (χ3n) is 2.52. The number of H-pyrrole nitrogens is 1. The highest BCUT2D eigenvalue weighted by Gasteiger charge is 2.14. The fourth-order valence-corrected chi connectivity index (χ4v) is 2.61. The van der Waals surface area contributed by atoms with Gasteiger partial charge in [-0.05, 0) is 25.1 Å². The van der Waals surface area contributed by atoms with Crippen molar-refractivity contribution in [1.29, 1.82) is 0 Å². The molecule has 1 amide bonds. The highest BCUT2D eigenvalue weighted by atomic mass is 32.1. The van der Waals surface area contributed by atoms with E-state index in [1.165, 1.54) is 0 Å². The summed E-state index contributed by atoms with van der Waals surface area (Å²) < 4.78 is 0. The molecule has 0 aliphatic heterocycles. The molecule has 0 atom stereocenters. The van der Waals surface area contributed by atoms with Crippen molar-refractivity contribution in [2.45, 2.75) is 26.7 Å². The van der Waals surface area contributed by atoms with Crippen molar-refractivity contribution < 1.29 is 9.59 Å². The van der Waals surface area contributed by atoms with Crippen molar-refractivity contribution in [1.82, 2.24) is 20.6 Å². The number of nitrogens with one attached hydrogen (secondary N) is 2. The lowest BCUT2D eigenvalue weighted by molar-refractivity contribution is -0.116. The van der Waals surface area contributed by atoms with Crippen LogP contribution in [-0.2, 0) is 4.79 Å². The number of amides is 1. The van der Waals surface area contributed by atoms with E-state index in [2.05, 4.69) is 25.9 Å². The summed E-state index contributed by atoms with van der Waals surface area (Å²) in [5, 5.41) is 15.2. The molecule has 0 saturated heterocycles. The molecule has 2 aromatic rings. The first kappa shape index (κ1) is 13.3. The number of carbonyl (C=O) groups is 2. The van der Waals surface area contributed by atoms with Gasteiger partial charge >= 0.3 is 0 Å². The molecule has 2 heterocycles. The lowest BCUT2D eigenvalue weighted by Gasteiger charge is -2.00. The lowest BCUT2D eigenvalue weighted by Crippen LogP contribution is -2.14. The first-order valence-corrected chi connectivity index (χ1v) is 6.51. The first-order chi connectivity index (χ1) is 9.06. The second kappa shape index (κ2) is 5.70. The normalized spacial score (nSPS) is 10.4. The number of anilines is 1. The molecule has 2 rings (SSSR count). The molecule has 100 valence electrons. The maximum Gasteiger partial charge on any atom is 0.269 e. The van der Waals surface area contributed by atoms with Crippen molar-refractivity contribution in [3.05, 3.63) is 21.4 Å². The van der Waals surface area contributed by atoms with E-state index in [1.54, 1.807) is 11.3 Å². The van der Waals surface area contributed by atoms with Gasteiger partial charge in [-0.3, -0.25) is 14.9 Å². The molecule has 0 fully saturated rings. The minimum absolute atomic E-state index is 0.0230. The number of aromatic nitrogens is 4. The summed E-state index contributed by atoms with van der Waals surface area (Å²) in [5.74, 6) is -0.218. The number of Topliss-reactive ketones (excluding diaryl/α,β-unsaturated/α-hetero) is 1. The second-order valence-corrected chi connectivity index (χ2v) is 5.49. The Hall–Kier alpha value is -2.09. The number of thiophene rings is 1. The number of carbonyl (C=O) groups excluding carboxylic acids is 2. The van der Waals surface area contributed by atoms with Crippen molar-refractivity contribution in [2.24, 2.45) is 0 Å². The van der Waals surface area contributed by atoms with Crippen LogP contribution < -0.4 is 5.32 Å². The number of ketones is 1. The van der Waals surface area contributed by atoms with E-state index in [9.17, 15) is 9.59 Å². The van der Waals surface area contributed by atoms with Crippen molar-refractivity contribution in [3.8, 4) is 0 Å². The minimum Gasteiger partial charge on any atom is -0.294 e. The first-order valence-electron chi connectivity index (χ1n) is 5.70. The maximum atomic E-state index is 12.0. The van der Waals surface area contributed by atoms with E-state index in [-0.39, 0.29) is 30.5 Å². The summed E-state index contributed by atoms with van der Waals surface area (Å²) in [6.45, 7) is 3.86. The largest absolute Gasteiger partial charge is 0.294 e. The van der Waals surface area contributed by atoms with Gasteiger partial charge in [0.15, 0.2) is 5.78 Å². The van der Waals surface area contributed by atoms with Gasteiger partial charge in [-0.15, -0.1) is 16.4 Å². The minimum atomic E-state index is -0.306. The molecule has 2 N–H and O–H groups in total. The number of hydrogen-bond donors (Lipinski definition) is 2. The molecule has 8 heteroatoms. The van der Waals surface area contributed by atoms with Crippen LogP contribution in [0.5, 0.6) is 0 Å². The highest BCUT2D eigenvalue weighted by Crippen LogP contribution is 2.22. The Bertz CT molecular complexity index is 590. The van der Waals surface area contributed by atoms with Gasteiger partial charge in [0, 0.05) is 28.2 Å². The zero-order valence-electron chi connectivity index (χ0n) is 10.6. The maximum absolute atomic E-state index is 12.0. The van der Waals surface area contributed by atoms with Crippen LogP contribution in [-0.4, -0.2) is 32.3 Å². The predicted octanol–water partition coefficient (Wildman–Crippen LogP) is 1.48. The van der Waals surface area contributed by atoms with Gasteiger partial charge in [-0.25, -0.2) is 0 Å². The second-order valence-electron chi connectivity index (χ2n) is 4.03. The molecule has 0 bridgehead atoms. The average molecular weight is 279 g/mol. The molecule has 0 aliphatic rings. The Morgan fingerprint density at radius 2 is 2.16 bits per heavy atom. The summed E-state index contributed by atoms with van der Waals surface area (Å²) in [6, 6.07) is 1.86. The summed E-state index contributed by atoms with van der Waals surface area (Å²) in [6.07, 6.45) is 0.266. The SMILES string of the molecule is Cc1cc(C(=O)CCC(=O)Nc2nn[nH]n2)c(C)s1. The number of aryl methyl sites for hydroxylation is 2. The van der Waals surface area contributed by atoms with Gasteiger partial charge in [0.2, 0.25) is 5.91 Å². The summed E-state index contributed by atoms with van der Waals surface area (Å²) >= 11 is 1.58. The molecule has 0 aromatic carbocycles. The van der Waals surface area contributed by atoms with Crippen molar-refractivity contribution in [2.75, 3.05) is 5.32 Å². The summed E-state index contributed by atoms with van der Waals surface area (Å²) in [5.41, 5.74) is 0.704. The van der Waals surface area contributed by atoms with E-state index in [1.807, 2.05) is 19.9 Å². The van der Waals surface area contributed by atoms with E-state index in [4.69, 9.17) is 0 Å². The van der Waals surface area contributed by atoms with Crippen LogP contribution in [0.15, 0.2) is 6.07 Å². The molecule has 0 aliphatic carbocycles. The molecule has 19 heavy (non-hydrogen) atoms. The number of tetrazole rings is 1. The zero-order valence-corrected chi connectivity index (χ0v) is 11.4. The van der Waals surface area contributed by atoms with Crippen molar-refractivity contribution >= 4 is 29.0 Å². The average Bonchev–Trinajstić information content (AvgIpc) is 2.96. The summed E-state index contributed by atoms with van der Waals surface area (Å²) in [7, 11) is 0. The zero-order chi connectivity index (χ0) is 13.8. The number of nitrogens with zero attached hydrogens (tertiary/aromatic N) is 3. The van der Waals surface area contributed by atoms with E-state index in [0.29, 0.717) is 5.56 Å². The summed E-state index contributed by atoms with van der Waals surface area (Å²) in [4.78, 5) is 25.6. The van der Waals surface area contributed by atoms with Crippen molar-refractivity contribution in [3.63, 3.8) is 0 Å². The van der Waals surface area contributed by atoms with Crippen LogP contribution in [0.3, 0.4) is 0 Å². The van der Waals surface area contributed by atoms with E-state index in [0.717, 1.165) is 9.75 Å². The fraction of sp³-hybridized carbons (Fsp3) is 0.364. The quantitative estimate of drug-likeness (QED) is 0.807. The van der Waals surface area contributed by atoms with Crippen LogP contribution in [0.2, 0.25) is 0 Å². The molecule has 0 saturated carbocycles. The van der Waals surface area contributed by atoms with Crippen LogP contribution in [0, 0.1) is 13.8 Å². The number of hydrogen-bond acceptors (Lipinski definition) is 6. The number of aromatic amines is 1. The molecule has 2 aromatic heterocycles. The topological polar surface area (TPSA) is 101 Å². The van der Waals surface area contributed by atoms with Gasteiger partial charge < -0.3 is 0 Å². The fourth-order valence-electron chi connectivity index (χ4n) is 1.67. The predicted molar refractivity (Wildman–Crippen MR) is 70.2 cm³/mol. The van der Waals surface area contributed by atoms with E-state index < -0.39 is 0 Å². The van der Waals surface area contributed by atoms with Gasteiger partial charge in [0.05, 0.1) is 0 Å². The molecular formula is C11H13N5O2S. The van der Waals surface area contributed by atoms with Crippen LogP contribution in [0.4, 0.5) is 5.95 Å². The van der Waals surface area contributed by atoms with Gasteiger partial charge in [-0.2, -0.15) is 5.21 Å². The van der Waals surface area contributed by atoms with Gasteiger partial charge in [-0.1, -0.05) is 5.10 Å². The number of rotatable bonds is 5. The Balaban J connectivity index is 1.87. The van der Waals surface area contributed by atoms with Crippen LogP contribution in [0.1, 0.15) is 33.0 Å². The molecule has 0 spiro atoms. The Kier molecular flexibility index (Phi) is 4.00. The van der Waals surface area contributed by atoms with Gasteiger partial charge in [0.25, 0.3) is 5.95 Å². The Morgan fingerprint density at radius 3 is 2.74 bits per heavy atom. The molecule has 7 nitrogen and oxygen atoms in total. The monoisotopic (exact) mass is 279 g/mol. The van der Waals surface area contributed by atoms with Crippen LogP contribution >= 0.6 is 11.3 Å². The smallest absolute Gasteiger partial charge is 0.269 e. The molecule has 0 radical (unpaired) electrons. The third kappa shape index (κ3) is 3.44. The van der Waals surface area contributed by atoms with Crippen LogP contribution in [0.25, 0.3) is 0 Å².